The van der Waals surface area contributed by atoms with E-state index in [1.54, 1.807) is 11.4 Å². The molecule has 0 spiro atoms. The number of fused-ring (bicyclic) bond motifs is 3. The Morgan fingerprint density at radius 3 is 2.50 bits per heavy atom. The van der Waals surface area contributed by atoms with Crippen LogP contribution in [0.5, 0.6) is 0 Å². The van der Waals surface area contributed by atoms with Gasteiger partial charge in [0.2, 0.25) is 5.78 Å². The van der Waals surface area contributed by atoms with Gasteiger partial charge in [-0.05, 0) is 5.56 Å². The van der Waals surface area contributed by atoms with Crippen molar-refractivity contribution in [1.82, 2.24) is 23.5 Å². The van der Waals surface area contributed by atoms with Crippen LogP contribution in [0, 0.1) is 0 Å². The third-order valence-corrected chi connectivity index (χ3v) is 3.91. The van der Waals surface area contributed by atoms with Crippen molar-refractivity contribution in [1.29, 1.82) is 0 Å². The highest BCUT2D eigenvalue weighted by Crippen LogP contribution is 2.23. The maximum atomic E-state index is 12.1. The summed E-state index contributed by atoms with van der Waals surface area (Å²) in [5.41, 5.74) is 1.82. The van der Waals surface area contributed by atoms with E-state index >= 15 is 0 Å². The zero-order chi connectivity index (χ0) is 15.4. The van der Waals surface area contributed by atoms with Crippen LogP contribution in [-0.4, -0.2) is 23.5 Å². The van der Waals surface area contributed by atoms with E-state index in [1.165, 1.54) is 4.57 Å². The lowest BCUT2D eigenvalue weighted by atomic mass is 10.2. The zero-order valence-electron chi connectivity index (χ0n) is 12.1. The molecule has 0 fully saturated rings. The van der Waals surface area contributed by atoms with Gasteiger partial charge in [0.05, 0.1) is 5.69 Å². The number of aromatic amines is 1. The van der Waals surface area contributed by atoms with Gasteiger partial charge in [-0.3, -0.25) is 18.7 Å². The lowest BCUT2D eigenvalue weighted by Crippen LogP contribution is -2.28. The van der Waals surface area contributed by atoms with Gasteiger partial charge in [-0.1, -0.05) is 30.3 Å². The Labute approximate surface area is 124 Å². The molecule has 0 unspecified atom stereocenters. The quantitative estimate of drug-likeness (QED) is 0.566. The van der Waals surface area contributed by atoms with Crippen LogP contribution in [0.3, 0.4) is 0 Å². The minimum atomic E-state index is -0.468. The molecule has 0 aliphatic rings. The van der Waals surface area contributed by atoms with Gasteiger partial charge in [0.25, 0.3) is 5.56 Å². The summed E-state index contributed by atoms with van der Waals surface area (Å²) in [6.07, 6.45) is 1.86. The largest absolute Gasteiger partial charge is 0.329 e. The fourth-order valence-corrected chi connectivity index (χ4v) is 2.74. The molecule has 7 nitrogen and oxygen atoms in total. The van der Waals surface area contributed by atoms with E-state index in [-0.39, 0.29) is 0 Å². The summed E-state index contributed by atoms with van der Waals surface area (Å²) in [4.78, 5) is 30.6. The van der Waals surface area contributed by atoms with Gasteiger partial charge in [0.1, 0.15) is 0 Å². The van der Waals surface area contributed by atoms with Gasteiger partial charge in [-0.2, -0.15) is 4.98 Å². The molecule has 0 atom stereocenters. The van der Waals surface area contributed by atoms with Gasteiger partial charge >= 0.3 is 5.69 Å². The molecule has 0 amide bonds. The van der Waals surface area contributed by atoms with Gasteiger partial charge in [0, 0.05) is 20.3 Å². The van der Waals surface area contributed by atoms with Crippen LogP contribution in [0.25, 0.3) is 28.2 Å². The minimum absolute atomic E-state index is 0.370. The minimum Gasteiger partial charge on any atom is -0.313 e. The Kier molecular flexibility index (Phi) is 2.41. The molecule has 0 radical (unpaired) electrons. The number of hydrogen-bond acceptors (Lipinski definition) is 3. The second-order valence-corrected chi connectivity index (χ2v) is 5.21. The first-order chi connectivity index (χ1) is 10.6. The number of nitrogens with zero attached hydrogens (tertiary/aromatic N) is 4. The molecule has 0 aliphatic carbocycles. The smallest absolute Gasteiger partial charge is 0.313 e. The molecule has 4 rings (SSSR count). The highest BCUT2D eigenvalue weighted by Gasteiger charge is 2.17. The third-order valence-electron chi connectivity index (χ3n) is 3.91. The van der Waals surface area contributed by atoms with Crippen molar-refractivity contribution in [2.45, 2.75) is 0 Å². The second kappa shape index (κ2) is 4.20. The SMILES string of the molecule is Cn1c(-c2ccccc2)cn2c3c(=O)[nH]c(=O)n(C)c3nc12. The summed E-state index contributed by atoms with van der Waals surface area (Å²) in [6.45, 7) is 0. The molecule has 0 saturated heterocycles. The second-order valence-electron chi connectivity index (χ2n) is 5.21. The van der Waals surface area contributed by atoms with Crippen LogP contribution < -0.4 is 11.2 Å². The Bertz CT molecular complexity index is 1130. The van der Waals surface area contributed by atoms with Crippen molar-refractivity contribution in [3.05, 3.63) is 57.4 Å². The van der Waals surface area contributed by atoms with Crippen LogP contribution >= 0.6 is 0 Å². The van der Waals surface area contributed by atoms with Gasteiger partial charge in [-0.25, -0.2) is 4.79 Å². The molecular formula is C15H13N5O2. The molecule has 1 N–H and O–H groups in total. The molecular weight excluding hydrogens is 282 g/mol. The van der Waals surface area contributed by atoms with E-state index in [2.05, 4.69) is 9.97 Å². The van der Waals surface area contributed by atoms with E-state index in [4.69, 9.17) is 0 Å². The highest BCUT2D eigenvalue weighted by atomic mass is 16.2. The van der Waals surface area contributed by atoms with Crippen LogP contribution in [0.1, 0.15) is 0 Å². The Morgan fingerprint density at radius 1 is 1.05 bits per heavy atom. The van der Waals surface area contributed by atoms with Gasteiger partial charge < -0.3 is 4.57 Å². The summed E-state index contributed by atoms with van der Waals surface area (Å²) in [5, 5.41) is 0. The number of H-pyrrole nitrogens is 1. The van der Waals surface area contributed by atoms with Crippen LogP contribution in [-0.2, 0) is 14.1 Å². The Morgan fingerprint density at radius 2 is 1.77 bits per heavy atom. The summed E-state index contributed by atoms with van der Waals surface area (Å²) >= 11 is 0. The van der Waals surface area contributed by atoms with Crippen molar-refractivity contribution in [3.8, 4) is 11.3 Å². The molecule has 22 heavy (non-hydrogen) atoms. The molecule has 110 valence electrons. The van der Waals surface area contributed by atoms with E-state index in [0.717, 1.165) is 11.3 Å². The number of rotatable bonds is 1. The standard InChI is InChI=1S/C15H13N5O2/c1-18-10(9-6-4-3-5-7-9)8-20-11-12(16-14(18)20)19(2)15(22)17-13(11)21/h3-8H,1-2H3,(H,17,21,22). The van der Waals surface area contributed by atoms with Crippen molar-refractivity contribution in [2.75, 3.05) is 0 Å². The normalized spacial score (nSPS) is 11.5. The molecule has 4 aromatic rings. The molecule has 1 aromatic carbocycles. The lowest BCUT2D eigenvalue weighted by Gasteiger charge is -2.02. The number of aryl methyl sites for hydroxylation is 2. The number of benzene rings is 1. The summed E-state index contributed by atoms with van der Waals surface area (Å²) in [7, 11) is 3.47. The molecule has 3 heterocycles. The average molecular weight is 295 g/mol. The third kappa shape index (κ3) is 1.53. The predicted molar refractivity (Wildman–Crippen MR) is 83.0 cm³/mol. The van der Waals surface area contributed by atoms with E-state index < -0.39 is 11.2 Å². The van der Waals surface area contributed by atoms with Crippen LogP contribution in [0.15, 0.2) is 46.1 Å². The highest BCUT2D eigenvalue weighted by molar-refractivity contribution is 5.77. The molecule has 7 heteroatoms. The van der Waals surface area contributed by atoms with Crippen LogP contribution in [0.2, 0.25) is 0 Å². The number of hydrogen-bond donors (Lipinski definition) is 1. The van der Waals surface area contributed by atoms with Crippen molar-refractivity contribution in [2.24, 2.45) is 14.1 Å². The summed E-state index contributed by atoms with van der Waals surface area (Å²) in [6, 6.07) is 9.86. The molecule has 0 saturated carbocycles. The molecule has 0 bridgehead atoms. The number of aromatic nitrogens is 5. The van der Waals surface area contributed by atoms with Crippen molar-refractivity contribution in [3.63, 3.8) is 0 Å². The van der Waals surface area contributed by atoms with Crippen molar-refractivity contribution < 1.29 is 0 Å². The van der Waals surface area contributed by atoms with E-state index in [0.29, 0.717) is 16.9 Å². The summed E-state index contributed by atoms with van der Waals surface area (Å²) in [5.74, 6) is 0.612. The first-order valence-corrected chi connectivity index (χ1v) is 6.80. The number of nitrogens with one attached hydrogen (secondary N) is 1. The van der Waals surface area contributed by atoms with E-state index in [9.17, 15) is 9.59 Å². The zero-order valence-corrected chi connectivity index (χ0v) is 12.1. The topological polar surface area (TPSA) is 77.1 Å². The monoisotopic (exact) mass is 295 g/mol. The first-order valence-electron chi connectivity index (χ1n) is 6.80. The van der Waals surface area contributed by atoms with Gasteiger partial charge in [0.15, 0.2) is 11.2 Å². The summed E-state index contributed by atoms with van der Waals surface area (Å²) < 4.78 is 4.96. The predicted octanol–water partition coefficient (Wildman–Crippen LogP) is 0.880. The maximum absolute atomic E-state index is 12.1. The van der Waals surface area contributed by atoms with E-state index in [1.807, 2.05) is 48.1 Å². The average Bonchev–Trinajstić information content (AvgIpc) is 3.04. The van der Waals surface area contributed by atoms with Gasteiger partial charge in [-0.15, -0.1) is 0 Å². The van der Waals surface area contributed by atoms with Crippen LogP contribution in [0.4, 0.5) is 0 Å². The fraction of sp³-hybridized carbons (Fsp3) is 0.133. The van der Waals surface area contributed by atoms with Crippen molar-refractivity contribution >= 4 is 16.9 Å². The lowest BCUT2D eigenvalue weighted by molar-refractivity contribution is 0.830. The first kappa shape index (κ1) is 12.6. The number of imidazole rings is 2. The maximum Gasteiger partial charge on any atom is 0.329 e. The Balaban J connectivity index is 2.16. The molecule has 3 aromatic heterocycles. The Hall–Kier alpha value is -3.09. The molecule has 0 aliphatic heterocycles. The fourth-order valence-electron chi connectivity index (χ4n) is 2.74.